The van der Waals surface area contributed by atoms with Crippen LogP contribution in [0.3, 0.4) is 0 Å². The Hall–Kier alpha value is -3.63. The monoisotopic (exact) mass is 592 g/mol. The average Bonchev–Trinajstić information content (AvgIpc) is 3.14. The summed E-state index contributed by atoms with van der Waals surface area (Å²) in [6.07, 6.45) is 0.112. The number of carbonyl (C=O) groups is 6. The average molecular weight is 592 g/mol. The number of nitrogens with one attached hydrogen (secondary N) is 3. The largest absolute Gasteiger partial charge is 0.470 e. The first kappa shape index (κ1) is 33.6. The number of ether oxygens (including phenoxy) is 2. The minimum absolute atomic E-state index is 0.0144. The maximum atomic E-state index is 12.7. The highest BCUT2D eigenvalue weighted by atomic mass is 32.2. The van der Waals surface area contributed by atoms with Crippen LogP contribution >= 0.6 is 0 Å². The van der Waals surface area contributed by atoms with Crippen molar-refractivity contribution in [1.29, 1.82) is 0 Å². The van der Waals surface area contributed by atoms with Crippen LogP contribution in [-0.4, -0.2) is 89.3 Å². The summed E-state index contributed by atoms with van der Waals surface area (Å²) in [6.45, 7) is 4.53. The number of nitrogens with zero attached hydrogens (tertiary/aromatic N) is 1. The molecule has 1 aromatic rings. The van der Waals surface area contributed by atoms with Gasteiger partial charge >= 0.3 is 0 Å². The molecule has 1 saturated heterocycles. The lowest BCUT2D eigenvalue weighted by Gasteiger charge is -2.21. The van der Waals surface area contributed by atoms with E-state index in [-0.39, 0.29) is 79.0 Å². The SMILES string of the molecule is [B]C(=O)OCc1ccc(NC(=O)CNC(=O)C(NC(=O)CCOCCN2C(=O)CC(C)C2=O)C(C)C)cc1S(=O)O. The highest BCUT2D eigenvalue weighted by Gasteiger charge is 2.35. The standard InChI is InChI=1S/C25H33BN4O10S/c1-14(2)22(29-19(31)6-8-39-9-7-30-21(33)10-15(3)24(30)35)23(34)27-12-20(32)28-17-5-4-16(13-40-25(26)36)18(11-17)41(37)38/h4-5,11,14-15,22H,6-10,12-13H2,1-3H3,(H,27,34)(H,28,32)(H,29,31)(H,37,38). The number of hydrogen-bond donors (Lipinski definition) is 4. The Morgan fingerprint density at radius 3 is 2.46 bits per heavy atom. The van der Waals surface area contributed by atoms with Gasteiger partial charge in [0.2, 0.25) is 43.3 Å². The van der Waals surface area contributed by atoms with Crippen LogP contribution in [0.5, 0.6) is 0 Å². The van der Waals surface area contributed by atoms with Gasteiger partial charge in [-0.3, -0.25) is 33.7 Å². The van der Waals surface area contributed by atoms with Gasteiger partial charge in [0.1, 0.15) is 12.6 Å². The summed E-state index contributed by atoms with van der Waals surface area (Å²) in [5.41, 5.74) is 0.370. The number of amides is 5. The van der Waals surface area contributed by atoms with Crippen LogP contribution in [0.1, 0.15) is 39.2 Å². The van der Waals surface area contributed by atoms with Crippen molar-refractivity contribution in [2.24, 2.45) is 11.8 Å². The number of imide groups is 1. The molecule has 2 rings (SSSR count). The van der Waals surface area contributed by atoms with Crippen molar-refractivity contribution in [2.75, 3.05) is 31.6 Å². The first-order chi connectivity index (χ1) is 19.3. The van der Waals surface area contributed by atoms with Crippen LogP contribution in [0.15, 0.2) is 23.1 Å². The second-order valence-corrected chi connectivity index (χ2v) is 10.5. The van der Waals surface area contributed by atoms with E-state index in [1.807, 2.05) is 0 Å². The number of carbonyl (C=O) groups excluding carboxylic acids is 6. The molecule has 1 aliphatic heterocycles. The van der Waals surface area contributed by atoms with Crippen molar-refractivity contribution in [2.45, 2.75) is 51.2 Å². The minimum atomic E-state index is -2.45. The van der Waals surface area contributed by atoms with Gasteiger partial charge in [-0.15, -0.1) is 0 Å². The van der Waals surface area contributed by atoms with Crippen LogP contribution < -0.4 is 16.0 Å². The predicted molar refractivity (Wildman–Crippen MR) is 146 cm³/mol. The molecule has 0 aliphatic carbocycles. The van der Waals surface area contributed by atoms with Crippen molar-refractivity contribution in [3.05, 3.63) is 23.8 Å². The lowest BCUT2D eigenvalue weighted by molar-refractivity contribution is -0.140. The molecule has 2 radical (unpaired) electrons. The number of benzene rings is 1. The van der Waals surface area contributed by atoms with Gasteiger partial charge in [-0.1, -0.05) is 26.8 Å². The quantitative estimate of drug-likeness (QED) is 0.0936. The van der Waals surface area contributed by atoms with E-state index in [1.54, 1.807) is 20.8 Å². The summed E-state index contributed by atoms with van der Waals surface area (Å²) in [4.78, 5) is 72.9. The topological polar surface area (TPSA) is 198 Å². The third-order valence-corrected chi connectivity index (χ3v) is 6.76. The smallest absolute Gasteiger partial charge is 0.243 e. The Morgan fingerprint density at radius 2 is 1.88 bits per heavy atom. The second-order valence-electron chi connectivity index (χ2n) is 9.59. The summed E-state index contributed by atoms with van der Waals surface area (Å²) >= 11 is -2.45. The van der Waals surface area contributed by atoms with Crippen molar-refractivity contribution < 1.29 is 47.0 Å². The van der Waals surface area contributed by atoms with Crippen LogP contribution in [0.4, 0.5) is 10.5 Å². The zero-order chi connectivity index (χ0) is 30.7. The van der Waals surface area contributed by atoms with Crippen LogP contribution in [0.2, 0.25) is 0 Å². The number of anilines is 1. The van der Waals surface area contributed by atoms with E-state index in [2.05, 4.69) is 20.7 Å². The number of hydrogen-bond acceptors (Lipinski definition) is 9. The highest BCUT2D eigenvalue weighted by molar-refractivity contribution is 7.79. The van der Waals surface area contributed by atoms with Gasteiger partial charge < -0.3 is 30.0 Å². The summed E-state index contributed by atoms with van der Waals surface area (Å²) < 4.78 is 31.1. The molecule has 0 aromatic heterocycles. The van der Waals surface area contributed by atoms with Gasteiger partial charge in [0.05, 0.1) is 31.2 Å². The lowest BCUT2D eigenvalue weighted by Crippen LogP contribution is -2.51. The molecule has 0 saturated carbocycles. The molecule has 3 unspecified atom stereocenters. The maximum Gasteiger partial charge on any atom is 0.243 e. The fourth-order valence-electron chi connectivity index (χ4n) is 3.83. The Labute approximate surface area is 240 Å². The fraction of sp³-hybridized carbons (Fsp3) is 0.520. The van der Waals surface area contributed by atoms with Crippen molar-refractivity contribution in [1.82, 2.24) is 15.5 Å². The second kappa shape index (κ2) is 16.0. The van der Waals surface area contributed by atoms with E-state index in [9.17, 15) is 37.5 Å². The molecule has 16 heteroatoms. The molecule has 14 nitrogen and oxygen atoms in total. The molecule has 222 valence electrons. The molecule has 41 heavy (non-hydrogen) atoms. The van der Waals surface area contributed by atoms with E-state index in [0.717, 1.165) is 4.90 Å². The van der Waals surface area contributed by atoms with Crippen LogP contribution in [0.25, 0.3) is 0 Å². The van der Waals surface area contributed by atoms with Crippen molar-refractivity contribution >= 4 is 60.0 Å². The first-order valence-electron chi connectivity index (χ1n) is 12.7. The normalized spacial score (nSPS) is 16.3. The van der Waals surface area contributed by atoms with E-state index >= 15 is 0 Å². The van der Waals surface area contributed by atoms with Gasteiger partial charge in [0.15, 0.2) is 11.1 Å². The van der Waals surface area contributed by atoms with Gasteiger partial charge in [-0.05, 0) is 18.1 Å². The highest BCUT2D eigenvalue weighted by Crippen LogP contribution is 2.20. The van der Waals surface area contributed by atoms with Crippen molar-refractivity contribution in [3.8, 4) is 0 Å². The molecule has 1 aliphatic rings. The third kappa shape index (κ3) is 10.7. The van der Waals surface area contributed by atoms with Crippen LogP contribution in [-0.2, 0) is 51.1 Å². The molecule has 1 fully saturated rings. The summed E-state index contributed by atoms with van der Waals surface area (Å²) in [5.74, 6) is -3.90. The van der Waals surface area contributed by atoms with Crippen LogP contribution in [0, 0.1) is 11.8 Å². The third-order valence-electron chi connectivity index (χ3n) is 6.00. The molecular formula is C25H33BN4O10S. The molecule has 1 aromatic carbocycles. The van der Waals surface area contributed by atoms with E-state index in [1.165, 1.54) is 18.2 Å². The Balaban J connectivity index is 1.79. The van der Waals surface area contributed by atoms with Gasteiger partial charge in [0, 0.05) is 30.0 Å². The predicted octanol–water partition coefficient (Wildman–Crippen LogP) is 0.0695. The zero-order valence-electron chi connectivity index (χ0n) is 23.0. The molecule has 1 heterocycles. The van der Waals surface area contributed by atoms with Crippen molar-refractivity contribution in [3.63, 3.8) is 0 Å². The maximum absolute atomic E-state index is 12.7. The van der Waals surface area contributed by atoms with E-state index in [4.69, 9.17) is 12.6 Å². The zero-order valence-corrected chi connectivity index (χ0v) is 23.8. The van der Waals surface area contributed by atoms with Gasteiger partial charge in [-0.2, -0.15) is 0 Å². The molecule has 4 N–H and O–H groups in total. The first-order valence-corrected chi connectivity index (χ1v) is 13.9. The van der Waals surface area contributed by atoms with E-state index in [0.29, 0.717) is 0 Å². The summed E-state index contributed by atoms with van der Waals surface area (Å²) in [5, 5.41) is 7.52. The molecular weight excluding hydrogens is 559 g/mol. The Kier molecular flexibility index (Phi) is 13.1. The molecule has 3 atom stereocenters. The fourth-order valence-corrected chi connectivity index (χ4v) is 4.41. The molecule has 0 bridgehead atoms. The number of rotatable bonds is 15. The Bertz CT molecular complexity index is 1190. The van der Waals surface area contributed by atoms with Gasteiger partial charge in [-0.25, -0.2) is 4.21 Å². The summed E-state index contributed by atoms with van der Waals surface area (Å²) in [6, 6.07) is 3.07. The number of likely N-dealkylation sites (tertiary alicyclic amines) is 1. The van der Waals surface area contributed by atoms with E-state index < -0.39 is 47.3 Å². The Morgan fingerprint density at radius 1 is 1.17 bits per heavy atom. The minimum Gasteiger partial charge on any atom is -0.470 e. The molecule has 5 amide bonds. The molecule has 0 spiro atoms. The van der Waals surface area contributed by atoms with Gasteiger partial charge in [0.25, 0.3) is 0 Å². The summed E-state index contributed by atoms with van der Waals surface area (Å²) in [7, 11) is 4.91. The lowest BCUT2D eigenvalue weighted by atomic mass is 10.0.